The lowest BCUT2D eigenvalue weighted by Crippen LogP contribution is -2.58. The molecular weight excluding hydrogens is 202 g/mol. The summed E-state index contributed by atoms with van der Waals surface area (Å²) in [5, 5.41) is 3.30. The van der Waals surface area contributed by atoms with E-state index in [9.17, 15) is 0 Å². The van der Waals surface area contributed by atoms with Gasteiger partial charge in [0.1, 0.15) is 0 Å². The zero-order valence-corrected chi connectivity index (χ0v) is 12.1. The minimum absolute atomic E-state index is 0.490. The van der Waals surface area contributed by atoms with Crippen LogP contribution in [0.3, 0.4) is 0 Å². The van der Waals surface area contributed by atoms with Gasteiger partial charge in [-0.05, 0) is 16.6 Å². The Morgan fingerprint density at radius 2 is 1.33 bits per heavy atom. The van der Waals surface area contributed by atoms with Crippen LogP contribution < -0.4 is 5.32 Å². The molecule has 3 heteroatoms. The van der Waals surface area contributed by atoms with Gasteiger partial charge in [0.15, 0.2) is 0 Å². The molecule has 1 rings (SSSR count). The molecule has 0 radical (unpaired) electrons. The molecule has 0 aromatic rings. The maximum atomic E-state index is 6.53. The highest BCUT2D eigenvalue weighted by atomic mass is 28.4. The van der Waals surface area contributed by atoms with Crippen LogP contribution in [0.2, 0.25) is 16.6 Å². The van der Waals surface area contributed by atoms with E-state index in [0.29, 0.717) is 22.7 Å². The monoisotopic (exact) mass is 229 g/mol. The van der Waals surface area contributed by atoms with Gasteiger partial charge in [0.2, 0.25) is 8.32 Å². The van der Waals surface area contributed by atoms with Crippen LogP contribution >= 0.6 is 0 Å². The van der Waals surface area contributed by atoms with Crippen molar-refractivity contribution in [3.8, 4) is 0 Å². The second-order valence-corrected chi connectivity index (χ2v) is 11.1. The number of nitrogens with one attached hydrogen (secondary N) is 1. The first kappa shape index (κ1) is 13.2. The van der Waals surface area contributed by atoms with E-state index in [4.69, 9.17) is 4.43 Å². The van der Waals surface area contributed by atoms with Crippen molar-refractivity contribution in [3.05, 3.63) is 0 Å². The van der Waals surface area contributed by atoms with Crippen LogP contribution in [0.4, 0.5) is 0 Å². The summed E-state index contributed by atoms with van der Waals surface area (Å²) in [5.74, 6) is 0. The van der Waals surface area contributed by atoms with E-state index in [1.165, 1.54) is 0 Å². The van der Waals surface area contributed by atoms with E-state index < -0.39 is 8.32 Å². The van der Waals surface area contributed by atoms with Gasteiger partial charge in [0, 0.05) is 13.1 Å². The van der Waals surface area contributed by atoms with E-state index in [1.807, 2.05) is 0 Å². The van der Waals surface area contributed by atoms with Gasteiger partial charge >= 0.3 is 0 Å². The second-order valence-electron chi connectivity index (χ2n) is 5.72. The molecule has 0 aliphatic carbocycles. The molecule has 1 heterocycles. The summed E-state index contributed by atoms with van der Waals surface area (Å²) in [6, 6.07) is 0. The van der Waals surface area contributed by atoms with Gasteiger partial charge in [0.25, 0.3) is 0 Å². The zero-order chi connectivity index (χ0) is 11.6. The van der Waals surface area contributed by atoms with Crippen LogP contribution in [-0.4, -0.2) is 27.5 Å². The standard InChI is InChI=1S/C12H27NOSi/c1-9(2)15(10(3)4,11(5)6)14-12-7-13-8-12/h9-13H,7-8H2,1-6H3. The minimum Gasteiger partial charge on any atom is -0.411 e. The predicted octanol–water partition coefficient (Wildman–Crippen LogP) is 3.15. The Hall–Kier alpha value is 0.137. The molecule has 1 aliphatic rings. The third-order valence-corrected chi connectivity index (χ3v) is 9.98. The lowest BCUT2D eigenvalue weighted by molar-refractivity contribution is 0.120. The Morgan fingerprint density at radius 1 is 0.933 bits per heavy atom. The Kier molecular flexibility index (Phi) is 4.38. The van der Waals surface area contributed by atoms with Crippen LogP contribution in [0.5, 0.6) is 0 Å². The third-order valence-electron chi connectivity index (χ3n) is 3.82. The van der Waals surface area contributed by atoms with E-state index in [0.717, 1.165) is 13.1 Å². The Morgan fingerprint density at radius 3 is 1.53 bits per heavy atom. The van der Waals surface area contributed by atoms with Crippen LogP contribution in [0, 0.1) is 0 Å². The lowest BCUT2D eigenvalue weighted by atomic mass is 10.2. The molecule has 0 atom stereocenters. The normalized spacial score (nSPS) is 19.0. The van der Waals surface area contributed by atoms with Crippen LogP contribution in [0.25, 0.3) is 0 Å². The van der Waals surface area contributed by atoms with Crippen molar-refractivity contribution in [2.24, 2.45) is 0 Å². The van der Waals surface area contributed by atoms with Crippen molar-refractivity contribution in [1.82, 2.24) is 5.32 Å². The van der Waals surface area contributed by atoms with Crippen molar-refractivity contribution < 1.29 is 4.43 Å². The molecule has 0 bridgehead atoms. The fourth-order valence-electron chi connectivity index (χ4n) is 3.04. The summed E-state index contributed by atoms with van der Waals surface area (Å²) in [7, 11) is -1.60. The van der Waals surface area contributed by atoms with Gasteiger partial charge in [0.05, 0.1) is 6.10 Å². The number of rotatable bonds is 5. The molecule has 15 heavy (non-hydrogen) atoms. The molecular formula is C12H27NOSi. The van der Waals surface area contributed by atoms with Gasteiger partial charge in [-0.15, -0.1) is 0 Å². The van der Waals surface area contributed by atoms with Crippen LogP contribution in [0.1, 0.15) is 41.5 Å². The van der Waals surface area contributed by atoms with Crippen molar-refractivity contribution in [2.75, 3.05) is 13.1 Å². The van der Waals surface area contributed by atoms with Gasteiger partial charge in [-0.25, -0.2) is 0 Å². The largest absolute Gasteiger partial charge is 0.411 e. The molecule has 0 spiro atoms. The molecule has 1 saturated heterocycles. The van der Waals surface area contributed by atoms with E-state index in [-0.39, 0.29) is 0 Å². The Bertz CT molecular complexity index is 178. The Balaban J connectivity index is 2.80. The first-order valence-corrected chi connectivity index (χ1v) is 8.43. The van der Waals surface area contributed by atoms with Crippen LogP contribution in [0.15, 0.2) is 0 Å². The summed E-state index contributed by atoms with van der Waals surface area (Å²) < 4.78 is 6.53. The first-order chi connectivity index (χ1) is 6.91. The van der Waals surface area contributed by atoms with Gasteiger partial charge in [-0.3, -0.25) is 0 Å². The van der Waals surface area contributed by atoms with Gasteiger partial charge < -0.3 is 9.74 Å². The minimum atomic E-state index is -1.60. The first-order valence-electron chi connectivity index (χ1n) is 6.29. The average molecular weight is 229 g/mol. The fraction of sp³-hybridized carbons (Fsp3) is 1.00. The molecule has 1 aliphatic heterocycles. The molecule has 2 nitrogen and oxygen atoms in total. The van der Waals surface area contributed by atoms with Gasteiger partial charge in [-0.2, -0.15) is 0 Å². The molecule has 1 fully saturated rings. The molecule has 90 valence electrons. The summed E-state index contributed by atoms with van der Waals surface area (Å²) in [6.45, 7) is 16.2. The quantitative estimate of drug-likeness (QED) is 0.731. The van der Waals surface area contributed by atoms with Crippen molar-refractivity contribution >= 4 is 8.32 Å². The smallest absolute Gasteiger partial charge is 0.200 e. The zero-order valence-electron chi connectivity index (χ0n) is 11.1. The summed E-state index contributed by atoms with van der Waals surface area (Å²) in [6.07, 6.45) is 0.490. The molecule has 0 saturated carbocycles. The van der Waals surface area contributed by atoms with E-state index in [2.05, 4.69) is 46.9 Å². The molecule has 0 aromatic heterocycles. The fourth-order valence-corrected chi connectivity index (χ4v) is 8.60. The number of hydrogen-bond donors (Lipinski definition) is 1. The summed E-state index contributed by atoms with van der Waals surface area (Å²) in [5.41, 5.74) is 2.12. The summed E-state index contributed by atoms with van der Waals surface area (Å²) >= 11 is 0. The molecule has 1 N–H and O–H groups in total. The highest BCUT2D eigenvalue weighted by Gasteiger charge is 2.47. The maximum Gasteiger partial charge on any atom is 0.200 e. The highest BCUT2D eigenvalue weighted by molar-refractivity contribution is 6.77. The predicted molar refractivity (Wildman–Crippen MR) is 68.8 cm³/mol. The van der Waals surface area contributed by atoms with Crippen molar-refractivity contribution in [1.29, 1.82) is 0 Å². The lowest BCUT2D eigenvalue weighted by Gasteiger charge is -2.46. The average Bonchev–Trinajstić information content (AvgIpc) is 1.99. The number of hydrogen-bond acceptors (Lipinski definition) is 2. The molecule has 0 unspecified atom stereocenters. The third kappa shape index (κ3) is 2.45. The molecule has 0 aromatic carbocycles. The van der Waals surface area contributed by atoms with Crippen molar-refractivity contribution in [2.45, 2.75) is 64.3 Å². The topological polar surface area (TPSA) is 21.3 Å². The van der Waals surface area contributed by atoms with E-state index in [1.54, 1.807) is 0 Å². The second kappa shape index (κ2) is 4.98. The maximum absolute atomic E-state index is 6.53. The summed E-state index contributed by atoms with van der Waals surface area (Å²) in [4.78, 5) is 0. The Labute approximate surface area is 95.9 Å². The van der Waals surface area contributed by atoms with Crippen molar-refractivity contribution in [3.63, 3.8) is 0 Å². The van der Waals surface area contributed by atoms with Gasteiger partial charge in [-0.1, -0.05) is 41.5 Å². The highest BCUT2D eigenvalue weighted by Crippen LogP contribution is 2.43. The molecule has 0 amide bonds. The van der Waals surface area contributed by atoms with Crippen LogP contribution in [-0.2, 0) is 4.43 Å². The SMILES string of the molecule is CC(C)[Si](OC1CNC1)(C(C)C)C(C)C. The van der Waals surface area contributed by atoms with E-state index >= 15 is 0 Å².